The second kappa shape index (κ2) is 5.99. The Hall–Kier alpha value is -0.120. The van der Waals surface area contributed by atoms with Crippen molar-refractivity contribution in [2.24, 2.45) is 5.73 Å². The van der Waals surface area contributed by atoms with E-state index in [-0.39, 0.29) is 6.61 Å². The molecular formula is C13H28N2O. The van der Waals surface area contributed by atoms with Crippen molar-refractivity contribution in [2.75, 3.05) is 13.7 Å². The Morgan fingerprint density at radius 1 is 1.38 bits per heavy atom. The summed E-state index contributed by atoms with van der Waals surface area (Å²) in [4.78, 5) is 2.46. The highest BCUT2D eigenvalue weighted by atomic mass is 16.3. The molecule has 0 radical (unpaired) electrons. The molecule has 3 heteroatoms. The van der Waals surface area contributed by atoms with Crippen LogP contribution in [0.25, 0.3) is 0 Å². The van der Waals surface area contributed by atoms with E-state index in [2.05, 4.69) is 18.9 Å². The van der Waals surface area contributed by atoms with Gasteiger partial charge in [0.05, 0.1) is 6.61 Å². The summed E-state index contributed by atoms with van der Waals surface area (Å²) < 4.78 is 0. The molecule has 3 nitrogen and oxygen atoms in total. The molecule has 3 N–H and O–H groups in total. The zero-order valence-electron chi connectivity index (χ0n) is 11.1. The molecule has 1 saturated carbocycles. The van der Waals surface area contributed by atoms with Crippen molar-refractivity contribution in [3.05, 3.63) is 0 Å². The van der Waals surface area contributed by atoms with Crippen LogP contribution < -0.4 is 5.73 Å². The first-order valence-electron chi connectivity index (χ1n) is 6.58. The molecule has 96 valence electrons. The highest BCUT2D eigenvalue weighted by Crippen LogP contribution is 2.24. The zero-order valence-corrected chi connectivity index (χ0v) is 11.1. The molecule has 2 unspecified atom stereocenters. The van der Waals surface area contributed by atoms with Gasteiger partial charge in [0, 0.05) is 17.6 Å². The molecule has 16 heavy (non-hydrogen) atoms. The fourth-order valence-corrected chi connectivity index (χ4v) is 2.73. The maximum absolute atomic E-state index is 9.19. The molecule has 0 amide bonds. The summed E-state index contributed by atoms with van der Waals surface area (Å²) in [7, 11) is 2.20. The lowest BCUT2D eigenvalue weighted by molar-refractivity contribution is 0.107. The summed E-state index contributed by atoms with van der Waals surface area (Å²) in [5.74, 6) is 0. The Morgan fingerprint density at radius 3 is 2.44 bits per heavy atom. The summed E-state index contributed by atoms with van der Waals surface area (Å²) in [6.07, 6.45) is 7.62. The molecule has 1 aliphatic rings. The van der Waals surface area contributed by atoms with E-state index in [0.717, 1.165) is 12.5 Å². The topological polar surface area (TPSA) is 49.5 Å². The van der Waals surface area contributed by atoms with Gasteiger partial charge < -0.3 is 15.7 Å². The molecule has 0 aromatic heterocycles. The Balaban J connectivity index is 2.42. The van der Waals surface area contributed by atoms with Crippen molar-refractivity contribution in [2.45, 2.75) is 70.0 Å². The normalized spacial score (nSPS) is 24.4. The van der Waals surface area contributed by atoms with Crippen LogP contribution in [0.2, 0.25) is 0 Å². The molecule has 0 heterocycles. The lowest BCUT2D eigenvalue weighted by Crippen LogP contribution is -2.48. The van der Waals surface area contributed by atoms with Gasteiger partial charge in [-0.15, -0.1) is 0 Å². The third-order valence-electron chi connectivity index (χ3n) is 3.97. The van der Waals surface area contributed by atoms with E-state index >= 15 is 0 Å². The highest BCUT2D eigenvalue weighted by molar-refractivity contribution is 4.85. The fraction of sp³-hybridized carbons (Fsp3) is 1.00. The molecule has 1 fully saturated rings. The second-order valence-electron chi connectivity index (χ2n) is 5.82. The number of nitrogens with two attached hydrogens (primary N) is 1. The maximum atomic E-state index is 9.19. The van der Waals surface area contributed by atoms with Crippen LogP contribution in [0.5, 0.6) is 0 Å². The third-order valence-corrected chi connectivity index (χ3v) is 3.97. The number of hydrogen-bond donors (Lipinski definition) is 2. The van der Waals surface area contributed by atoms with Crippen molar-refractivity contribution < 1.29 is 5.11 Å². The molecule has 1 aliphatic carbocycles. The molecule has 0 bridgehead atoms. The standard InChI is InChI=1S/C13H28N2O/c1-11(9-13(2,14)10-16)15(3)12-7-5-4-6-8-12/h11-12,16H,4-10,14H2,1-3H3. The first kappa shape index (κ1) is 13.9. The number of rotatable bonds is 5. The van der Waals surface area contributed by atoms with E-state index in [1.54, 1.807) is 0 Å². The number of hydrogen-bond acceptors (Lipinski definition) is 3. The van der Waals surface area contributed by atoms with Gasteiger partial charge in [-0.3, -0.25) is 0 Å². The minimum absolute atomic E-state index is 0.0653. The molecule has 0 saturated heterocycles. The Kier molecular flexibility index (Phi) is 5.22. The third kappa shape index (κ3) is 4.04. The predicted octanol–water partition coefficient (Wildman–Crippen LogP) is 1.74. The summed E-state index contributed by atoms with van der Waals surface area (Å²) in [5, 5.41) is 9.19. The monoisotopic (exact) mass is 228 g/mol. The number of nitrogens with zero attached hydrogens (tertiary/aromatic N) is 1. The van der Waals surface area contributed by atoms with Gasteiger partial charge in [0.2, 0.25) is 0 Å². The molecule has 0 spiro atoms. The van der Waals surface area contributed by atoms with Gasteiger partial charge in [-0.1, -0.05) is 19.3 Å². The first-order chi connectivity index (χ1) is 7.46. The summed E-state index contributed by atoms with van der Waals surface area (Å²) in [6, 6.07) is 1.17. The van der Waals surface area contributed by atoms with E-state index in [4.69, 9.17) is 5.73 Å². The Bertz CT molecular complexity index is 200. The van der Waals surface area contributed by atoms with Crippen LogP contribution in [0.15, 0.2) is 0 Å². The van der Waals surface area contributed by atoms with Crippen LogP contribution in [0, 0.1) is 0 Å². The average Bonchev–Trinajstić information content (AvgIpc) is 2.28. The fourth-order valence-electron chi connectivity index (χ4n) is 2.73. The molecule has 0 aromatic carbocycles. The maximum Gasteiger partial charge on any atom is 0.0609 e. The first-order valence-corrected chi connectivity index (χ1v) is 6.58. The van der Waals surface area contributed by atoms with Crippen molar-refractivity contribution >= 4 is 0 Å². The summed E-state index contributed by atoms with van der Waals surface area (Å²) in [6.45, 7) is 4.21. The number of aliphatic hydroxyl groups excluding tert-OH is 1. The Labute approximate surface area is 100 Å². The van der Waals surface area contributed by atoms with Gasteiger partial charge in [0.25, 0.3) is 0 Å². The second-order valence-corrected chi connectivity index (χ2v) is 5.82. The van der Waals surface area contributed by atoms with Crippen LogP contribution in [0.3, 0.4) is 0 Å². The van der Waals surface area contributed by atoms with Crippen LogP contribution >= 0.6 is 0 Å². The molecule has 0 aromatic rings. The van der Waals surface area contributed by atoms with Crippen LogP contribution in [-0.2, 0) is 0 Å². The van der Waals surface area contributed by atoms with E-state index in [0.29, 0.717) is 6.04 Å². The van der Waals surface area contributed by atoms with E-state index in [1.165, 1.54) is 32.1 Å². The summed E-state index contributed by atoms with van der Waals surface area (Å²) >= 11 is 0. The molecular weight excluding hydrogens is 200 g/mol. The predicted molar refractivity (Wildman–Crippen MR) is 68.4 cm³/mol. The van der Waals surface area contributed by atoms with Crippen molar-refractivity contribution in [1.29, 1.82) is 0 Å². The molecule has 0 aliphatic heterocycles. The van der Waals surface area contributed by atoms with E-state index in [9.17, 15) is 5.11 Å². The lowest BCUT2D eigenvalue weighted by Gasteiger charge is -2.38. The number of aliphatic hydroxyl groups is 1. The van der Waals surface area contributed by atoms with Gasteiger partial charge in [0.15, 0.2) is 0 Å². The van der Waals surface area contributed by atoms with Gasteiger partial charge in [-0.2, -0.15) is 0 Å². The zero-order chi connectivity index (χ0) is 12.2. The van der Waals surface area contributed by atoms with E-state index in [1.807, 2.05) is 6.92 Å². The van der Waals surface area contributed by atoms with Gasteiger partial charge in [0.1, 0.15) is 0 Å². The molecule has 2 atom stereocenters. The van der Waals surface area contributed by atoms with Crippen molar-refractivity contribution in [1.82, 2.24) is 4.90 Å². The van der Waals surface area contributed by atoms with Gasteiger partial charge in [-0.25, -0.2) is 0 Å². The smallest absolute Gasteiger partial charge is 0.0609 e. The average molecular weight is 228 g/mol. The largest absolute Gasteiger partial charge is 0.394 e. The van der Waals surface area contributed by atoms with Gasteiger partial charge >= 0.3 is 0 Å². The highest BCUT2D eigenvalue weighted by Gasteiger charge is 2.27. The summed E-state index contributed by atoms with van der Waals surface area (Å²) in [5.41, 5.74) is 5.57. The minimum atomic E-state index is -0.442. The van der Waals surface area contributed by atoms with Crippen LogP contribution in [0.1, 0.15) is 52.4 Å². The van der Waals surface area contributed by atoms with Crippen molar-refractivity contribution in [3.63, 3.8) is 0 Å². The van der Waals surface area contributed by atoms with Crippen LogP contribution in [-0.4, -0.2) is 41.3 Å². The SMILES string of the molecule is CC(CC(C)(N)CO)N(C)C1CCCCC1. The minimum Gasteiger partial charge on any atom is -0.394 e. The Morgan fingerprint density at radius 2 is 1.94 bits per heavy atom. The lowest BCUT2D eigenvalue weighted by atomic mass is 9.90. The molecule has 1 rings (SSSR count). The van der Waals surface area contributed by atoms with E-state index < -0.39 is 5.54 Å². The van der Waals surface area contributed by atoms with Crippen molar-refractivity contribution in [3.8, 4) is 0 Å². The quantitative estimate of drug-likeness (QED) is 0.753. The van der Waals surface area contributed by atoms with Gasteiger partial charge in [-0.05, 0) is 40.2 Å². The van der Waals surface area contributed by atoms with Crippen LogP contribution in [0.4, 0.5) is 0 Å².